The summed E-state index contributed by atoms with van der Waals surface area (Å²) in [5.74, 6) is -0.423. The number of carbonyl (C=O) groups is 1. The largest absolute Gasteiger partial charge is 0.478 e. The fourth-order valence-corrected chi connectivity index (χ4v) is 4.01. The molecule has 26 heavy (non-hydrogen) atoms. The van der Waals surface area contributed by atoms with E-state index in [-0.39, 0.29) is 5.56 Å². The highest BCUT2D eigenvalue weighted by atomic mass is 79.9. The lowest BCUT2D eigenvalue weighted by Gasteiger charge is -2.11. The first kappa shape index (κ1) is 16.7. The highest BCUT2D eigenvalue weighted by molar-refractivity contribution is 9.10. The average molecular weight is 426 g/mol. The maximum Gasteiger partial charge on any atom is 0.337 e. The maximum atomic E-state index is 11.6. The van der Waals surface area contributed by atoms with Gasteiger partial charge in [-0.1, -0.05) is 46.3 Å². The third-order valence-corrected chi connectivity index (χ3v) is 5.30. The van der Waals surface area contributed by atoms with Crippen molar-refractivity contribution in [1.82, 2.24) is 9.97 Å². The van der Waals surface area contributed by atoms with Crippen LogP contribution in [0, 0.1) is 0 Å². The molecule has 2 aromatic heterocycles. The van der Waals surface area contributed by atoms with Gasteiger partial charge in [-0.3, -0.25) is 0 Å². The van der Waals surface area contributed by atoms with Gasteiger partial charge in [0.25, 0.3) is 0 Å². The summed E-state index contributed by atoms with van der Waals surface area (Å²) in [6, 6.07) is 15.1. The van der Waals surface area contributed by atoms with Gasteiger partial charge in [0.15, 0.2) is 0 Å². The second-order valence-electron chi connectivity index (χ2n) is 5.54. The molecule has 128 valence electrons. The molecule has 2 aromatic carbocycles. The number of fused-ring (bicyclic) bond motifs is 1. The first-order chi connectivity index (χ1) is 12.6. The zero-order valence-electron chi connectivity index (χ0n) is 13.3. The zero-order chi connectivity index (χ0) is 18.1. The van der Waals surface area contributed by atoms with Gasteiger partial charge in [0.05, 0.1) is 16.6 Å². The number of rotatable bonds is 4. The SMILES string of the molecule is O=C(O)c1cc(Br)ccc1Nc1ncnc2scc(-c3ccccc3)c12. The summed E-state index contributed by atoms with van der Waals surface area (Å²) in [5.41, 5.74) is 2.72. The van der Waals surface area contributed by atoms with Gasteiger partial charge >= 0.3 is 5.97 Å². The summed E-state index contributed by atoms with van der Waals surface area (Å²) in [5, 5.41) is 15.6. The van der Waals surface area contributed by atoms with Gasteiger partial charge in [0.2, 0.25) is 0 Å². The Hall–Kier alpha value is -2.77. The normalized spacial score (nSPS) is 10.8. The fourth-order valence-electron chi connectivity index (χ4n) is 2.73. The van der Waals surface area contributed by atoms with Crippen molar-refractivity contribution >= 4 is 55.0 Å². The van der Waals surface area contributed by atoms with Crippen molar-refractivity contribution in [1.29, 1.82) is 0 Å². The Bertz CT molecular complexity index is 1110. The number of nitrogens with zero attached hydrogens (tertiary/aromatic N) is 2. The van der Waals surface area contributed by atoms with Crippen molar-refractivity contribution in [3.63, 3.8) is 0 Å². The Morgan fingerprint density at radius 2 is 1.92 bits per heavy atom. The molecule has 4 rings (SSSR count). The molecule has 5 nitrogen and oxygen atoms in total. The molecule has 2 N–H and O–H groups in total. The molecule has 0 spiro atoms. The number of hydrogen-bond donors (Lipinski definition) is 2. The van der Waals surface area contributed by atoms with Crippen LogP contribution in [0.1, 0.15) is 10.4 Å². The Labute approximate surface area is 161 Å². The second-order valence-corrected chi connectivity index (χ2v) is 7.31. The van der Waals surface area contributed by atoms with Gasteiger partial charge in [-0.2, -0.15) is 0 Å². The summed E-state index contributed by atoms with van der Waals surface area (Å²) < 4.78 is 0.703. The van der Waals surface area contributed by atoms with E-state index in [2.05, 4.69) is 31.2 Å². The van der Waals surface area contributed by atoms with E-state index >= 15 is 0 Å². The van der Waals surface area contributed by atoms with Crippen molar-refractivity contribution in [2.24, 2.45) is 0 Å². The van der Waals surface area contributed by atoms with Gasteiger partial charge in [0, 0.05) is 15.4 Å². The molecule has 0 radical (unpaired) electrons. The summed E-state index contributed by atoms with van der Waals surface area (Å²) in [7, 11) is 0. The number of aromatic nitrogens is 2. The molecule has 0 unspecified atom stereocenters. The number of anilines is 2. The van der Waals surface area contributed by atoms with Crippen molar-refractivity contribution in [3.05, 3.63) is 70.3 Å². The van der Waals surface area contributed by atoms with Gasteiger partial charge in [0.1, 0.15) is 17.0 Å². The van der Waals surface area contributed by atoms with E-state index in [1.54, 1.807) is 18.2 Å². The predicted octanol–water partition coefficient (Wildman–Crippen LogP) is 5.56. The number of carboxylic acids is 1. The predicted molar refractivity (Wildman–Crippen MR) is 107 cm³/mol. The Morgan fingerprint density at radius 3 is 2.69 bits per heavy atom. The van der Waals surface area contributed by atoms with Crippen LogP contribution in [-0.4, -0.2) is 21.0 Å². The van der Waals surface area contributed by atoms with Crippen LogP contribution in [0.25, 0.3) is 21.3 Å². The first-order valence-electron chi connectivity index (χ1n) is 7.71. The molecular formula is C19H12BrN3O2S. The number of aromatic carboxylic acids is 1. The van der Waals surface area contributed by atoms with Gasteiger partial charge in [-0.25, -0.2) is 14.8 Å². The van der Waals surface area contributed by atoms with Crippen molar-refractivity contribution in [3.8, 4) is 11.1 Å². The lowest BCUT2D eigenvalue weighted by molar-refractivity contribution is 0.0698. The summed E-state index contributed by atoms with van der Waals surface area (Å²) in [6.07, 6.45) is 1.48. The van der Waals surface area contributed by atoms with Crippen LogP contribution in [0.2, 0.25) is 0 Å². The lowest BCUT2D eigenvalue weighted by Crippen LogP contribution is -2.04. The van der Waals surface area contributed by atoms with Gasteiger partial charge in [-0.05, 0) is 23.8 Å². The summed E-state index contributed by atoms with van der Waals surface area (Å²) >= 11 is 4.84. The molecule has 0 saturated heterocycles. The van der Waals surface area contributed by atoms with Crippen LogP contribution in [0.4, 0.5) is 11.5 Å². The summed E-state index contributed by atoms with van der Waals surface area (Å²) in [4.78, 5) is 21.1. The molecule has 7 heteroatoms. The molecule has 0 bridgehead atoms. The molecule has 0 aliphatic heterocycles. The van der Waals surface area contributed by atoms with Crippen LogP contribution in [0.15, 0.2) is 64.7 Å². The zero-order valence-corrected chi connectivity index (χ0v) is 15.7. The average Bonchev–Trinajstić information content (AvgIpc) is 3.09. The highest BCUT2D eigenvalue weighted by Crippen LogP contribution is 2.37. The standard InChI is InChI=1S/C19H12BrN3O2S/c20-12-6-7-15(13(8-12)19(24)25)23-17-16-14(11-4-2-1-3-5-11)9-26-18(16)22-10-21-17/h1-10H,(H,24,25)(H,21,22,23). The molecule has 0 saturated carbocycles. The summed E-state index contributed by atoms with van der Waals surface area (Å²) in [6.45, 7) is 0. The van der Waals surface area contributed by atoms with E-state index in [9.17, 15) is 9.90 Å². The molecule has 0 aliphatic carbocycles. The number of halogens is 1. The number of carboxylic acid groups (broad SMARTS) is 1. The Kier molecular flexibility index (Phi) is 4.40. The van der Waals surface area contributed by atoms with Gasteiger partial charge < -0.3 is 10.4 Å². The molecule has 0 aliphatic rings. The fraction of sp³-hybridized carbons (Fsp3) is 0. The van der Waals surface area contributed by atoms with E-state index in [0.29, 0.717) is 16.0 Å². The van der Waals surface area contributed by atoms with Crippen LogP contribution < -0.4 is 5.32 Å². The molecule has 2 heterocycles. The first-order valence-corrected chi connectivity index (χ1v) is 9.38. The van der Waals surface area contributed by atoms with Crippen molar-refractivity contribution in [2.45, 2.75) is 0 Å². The minimum absolute atomic E-state index is 0.169. The maximum absolute atomic E-state index is 11.6. The van der Waals surface area contributed by atoms with E-state index in [0.717, 1.165) is 21.3 Å². The van der Waals surface area contributed by atoms with Crippen LogP contribution >= 0.6 is 27.3 Å². The Morgan fingerprint density at radius 1 is 1.12 bits per heavy atom. The van der Waals surface area contributed by atoms with E-state index in [4.69, 9.17) is 0 Å². The molecule has 0 fully saturated rings. The van der Waals surface area contributed by atoms with Crippen LogP contribution in [0.5, 0.6) is 0 Å². The topological polar surface area (TPSA) is 75.1 Å². The smallest absolute Gasteiger partial charge is 0.337 e. The van der Waals surface area contributed by atoms with Crippen LogP contribution in [0.3, 0.4) is 0 Å². The third-order valence-electron chi connectivity index (χ3n) is 3.92. The van der Waals surface area contributed by atoms with E-state index in [1.165, 1.54) is 17.7 Å². The minimum atomic E-state index is -1.01. The van der Waals surface area contributed by atoms with Crippen molar-refractivity contribution in [2.75, 3.05) is 5.32 Å². The number of benzene rings is 2. The molecule has 0 amide bonds. The second kappa shape index (κ2) is 6.86. The van der Waals surface area contributed by atoms with Crippen LogP contribution in [-0.2, 0) is 0 Å². The monoisotopic (exact) mass is 425 g/mol. The van der Waals surface area contributed by atoms with E-state index < -0.39 is 5.97 Å². The highest BCUT2D eigenvalue weighted by Gasteiger charge is 2.16. The van der Waals surface area contributed by atoms with E-state index in [1.807, 2.05) is 35.7 Å². The molecule has 0 atom stereocenters. The Balaban J connectivity index is 1.86. The number of thiophene rings is 1. The third kappa shape index (κ3) is 3.07. The lowest BCUT2D eigenvalue weighted by atomic mass is 10.1. The number of hydrogen-bond acceptors (Lipinski definition) is 5. The number of nitrogens with one attached hydrogen (secondary N) is 1. The molecule has 4 aromatic rings. The van der Waals surface area contributed by atoms with Crippen molar-refractivity contribution < 1.29 is 9.90 Å². The minimum Gasteiger partial charge on any atom is -0.478 e. The molecular weight excluding hydrogens is 414 g/mol. The quantitative estimate of drug-likeness (QED) is 0.447. The van der Waals surface area contributed by atoms with Gasteiger partial charge in [-0.15, -0.1) is 11.3 Å².